The van der Waals surface area contributed by atoms with Gasteiger partial charge >= 0.3 is 0 Å². The Balaban J connectivity index is 1.78. The molecule has 1 saturated carbocycles. The summed E-state index contributed by atoms with van der Waals surface area (Å²) in [6.07, 6.45) is 6.51. The molecule has 110 valence electrons. The van der Waals surface area contributed by atoms with Crippen LogP contribution in [0.25, 0.3) is 5.69 Å². The van der Waals surface area contributed by atoms with Gasteiger partial charge in [0.25, 0.3) is 5.91 Å². The molecule has 2 atom stereocenters. The maximum Gasteiger partial charge on any atom is 0.270 e. The fraction of sp³-hybridized carbons (Fsp3) is 0.375. The number of carbonyl (C=O) groups excluding carboxylic acids is 1. The molecule has 0 aliphatic heterocycles. The molecule has 0 spiro atoms. The highest BCUT2D eigenvalue weighted by molar-refractivity contribution is 5.93. The van der Waals surface area contributed by atoms with Gasteiger partial charge in [0.1, 0.15) is 5.69 Å². The lowest BCUT2D eigenvalue weighted by Gasteiger charge is -2.19. The molecule has 1 aromatic heterocycles. The van der Waals surface area contributed by atoms with Gasteiger partial charge in [-0.2, -0.15) is 0 Å². The second kappa shape index (κ2) is 6.10. The largest absolute Gasteiger partial charge is 0.348 e. The topological polar surface area (TPSA) is 72.9 Å². The first kappa shape index (κ1) is 13.8. The van der Waals surface area contributed by atoms with Crippen LogP contribution in [0.3, 0.4) is 0 Å². The molecule has 3 rings (SSSR count). The van der Waals surface area contributed by atoms with Crippen LogP contribution >= 0.6 is 0 Å². The summed E-state index contributed by atoms with van der Waals surface area (Å²) in [5, 5.41) is 3.11. The van der Waals surface area contributed by atoms with Crippen molar-refractivity contribution >= 4 is 5.91 Å². The van der Waals surface area contributed by atoms with E-state index in [4.69, 9.17) is 5.73 Å². The van der Waals surface area contributed by atoms with Gasteiger partial charge in [-0.25, -0.2) is 4.98 Å². The first-order valence-corrected chi connectivity index (χ1v) is 7.38. The summed E-state index contributed by atoms with van der Waals surface area (Å²) < 4.78 is 1.81. The Labute approximate surface area is 124 Å². The van der Waals surface area contributed by atoms with Gasteiger partial charge in [-0.3, -0.25) is 9.36 Å². The van der Waals surface area contributed by atoms with Gasteiger partial charge in [-0.1, -0.05) is 24.6 Å². The van der Waals surface area contributed by atoms with Gasteiger partial charge in [0.05, 0.1) is 12.5 Å². The van der Waals surface area contributed by atoms with E-state index >= 15 is 0 Å². The lowest BCUT2D eigenvalue weighted by molar-refractivity contribution is 0.0922. The van der Waals surface area contributed by atoms with Crippen molar-refractivity contribution in [2.75, 3.05) is 6.54 Å². The lowest BCUT2D eigenvalue weighted by atomic mass is 10.0. The highest BCUT2D eigenvalue weighted by Gasteiger charge is 2.28. The molecular weight excluding hydrogens is 264 g/mol. The minimum Gasteiger partial charge on any atom is -0.348 e. The van der Waals surface area contributed by atoms with E-state index < -0.39 is 0 Å². The summed E-state index contributed by atoms with van der Waals surface area (Å²) in [6.45, 7) is 0.628. The Morgan fingerprint density at radius 2 is 2.14 bits per heavy atom. The first-order valence-electron chi connectivity index (χ1n) is 7.38. The van der Waals surface area contributed by atoms with Gasteiger partial charge in [0.15, 0.2) is 0 Å². The smallest absolute Gasteiger partial charge is 0.270 e. The molecule has 0 bridgehead atoms. The molecule has 1 fully saturated rings. The second-order valence-electron chi connectivity index (χ2n) is 5.49. The predicted molar refractivity (Wildman–Crippen MR) is 81.2 cm³/mol. The van der Waals surface area contributed by atoms with Crippen LogP contribution in [0.4, 0.5) is 0 Å². The third kappa shape index (κ3) is 2.83. The van der Waals surface area contributed by atoms with Crippen LogP contribution in [0, 0.1) is 5.92 Å². The summed E-state index contributed by atoms with van der Waals surface area (Å²) in [6, 6.07) is 9.93. The normalized spacial score (nSPS) is 21.4. The molecule has 1 heterocycles. The van der Waals surface area contributed by atoms with Crippen molar-refractivity contribution in [2.45, 2.75) is 25.3 Å². The highest BCUT2D eigenvalue weighted by Crippen LogP contribution is 2.25. The fourth-order valence-corrected chi connectivity index (χ4v) is 3.01. The summed E-state index contributed by atoms with van der Waals surface area (Å²) >= 11 is 0. The number of aromatic nitrogens is 2. The average Bonchev–Trinajstić information content (AvgIpc) is 3.16. The van der Waals surface area contributed by atoms with Gasteiger partial charge < -0.3 is 11.1 Å². The van der Waals surface area contributed by atoms with Crippen LogP contribution in [-0.4, -0.2) is 28.0 Å². The highest BCUT2D eigenvalue weighted by atomic mass is 16.2. The molecule has 3 N–H and O–H groups in total. The van der Waals surface area contributed by atoms with Crippen molar-refractivity contribution in [2.24, 2.45) is 11.7 Å². The SMILES string of the molecule is NCC1CCCC1NC(=O)c1cncn1-c1ccccc1. The monoisotopic (exact) mass is 284 g/mol. The number of rotatable bonds is 4. The molecule has 1 aliphatic carbocycles. The molecule has 2 unspecified atom stereocenters. The van der Waals surface area contributed by atoms with E-state index in [1.807, 2.05) is 34.9 Å². The third-order valence-corrected chi connectivity index (χ3v) is 4.18. The summed E-state index contributed by atoms with van der Waals surface area (Å²) in [7, 11) is 0. The van der Waals surface area contributed by atoms with Crippen molar-refractivity contribution in [3.8, 4) is 5.69 Å². The number of amides is 1. The number of hydrogen-bond acceptors (Lipinski definition) is 3. The lowest BCUT2D eigenvalue weighted by Crippen LogP contribution is -2.40. The fourth-order valence-electron chi connectivity index (χ4n) is 3.01. The van der Waals surface area contributed by atoms with Crippen LogP contribution in [0.5, 0.6) is 0 Å². The van der Waals surface area contributed by atoms with Gasteiger partial charge in [0.2, 0.25) is 0 Å². The van der Waals surface area contributed by atoms with Crippen molar-refractivity contribution in [1.29, 1.82) is 0 Å². The molecule has 5 heteroatoms. The molecule has 0 saturated heterocycles. The summed E-state index contributed by atoms with van der Waals surface area (Å²) in [5.74, 6) is 0.309. The maximum absolute atomic E-state index is 12.5. The van der Waals surface area contributed by atoms with E-state index in [1.54, 1.807) is 12.5 Å². The molecule has 1 aromatic carbocycles. The average molecular weight is 284 g/mol. The quantitative estimate of drug-likeness (QED) is 0.898. The molecule has 2 aromatic rings. The minimum absolute atomic E-state index is 0.0818. The second-order valence-corrected chi connectivity index (χ2v) is 5.49. The number of nitrogens with zero attached hydrogens (tertiary/aromatic N) is 2. The molecule has 1 amide bonds. The summed E-state index contributed by atoms with van der Waals surface area (Å²) in [5.41, 5.74) is 7.26. The number of imidazole rings is 1. The van der Waals surface area contributed by atoms with E-state index in [2.05, 4.69) is 10.3 Å². The van der Waals surface area contributed by atoms with E-state index in [9.17, 15) is 4.79 Å². The zero-order chi connectivity index (χ0) is 14.7. The third-order valence-electron chi connectivity index (χ3n) is 4.18. The van der Waals surface area contributed by atoms with Crippen LogP contribution < -0.4 is 11.1 Å². The molecule has 0 radical (unpaired) electrons. The van der Waals surface area contributed by atoms with Crippen LogP contribution in [0.1, 0.15) is 29.8 Å². The van der Waals surface area contributed by atoms with Crippen molar-refractivity contribution < 1.29 is 4.79 Å². The van der Waals surface area contributed by atoms with Gasteiger partial charge in [-0.15, -0.1) is 0 Å². The first-order chi connectivity index (χ1) is 10.3. The van der Waals surface area contributed by atoms with Crippen molar-refractivity contribution in [1.82, 2.24) is 14.9 Å². The zero-order valence-corrected chi connectivity index (χ0v) is 11.9. The standard InChI is InChI=1S/C16H20N4O/c17-9-12-5-4-8-14(12)19-16(21)15-10-18-11-20(15)13-6-2-1-3-7-13/h1-3,6-7,10-12,14H,4-5,8-9,17H2,(H,19,21). The van der Waals surface area contributed by atoms with Crippen LogP contribution in [-0.2, 0) is 0 Å². The molecule has 5 nitrogen and oxygen atoms in total. The minimum atomic E-state index is -0.0818. The van der Waals surface area contributed by atoms with E-state index in [1.165, 1.54) is 0 Å². The zero-order valence-electron chi connectivity index (χ0n) is 11.9. The number of nitrogens with one attached hydrogen (secondary N) is 1. The Bertz CT molecular complexity index is 608. The van der Waals surface area contributed by atoms with Gasteiger partial charge in [0, 0.05) is 11.7 Å². The van der Waals surface area contributed by atoms with Gasteiger partial charge in [-0.05, 0) is 37.4 Å². The van der Waals surface area contributed by atoms with Crippen LogP contribution in [0.2, 0.25) is 0 Å². The maximum atomic E-state index is 12.5. The number of benzene rings is 1. The van der Waals surface area contributed by atoms with Crippen molar-refractivity contribution in [3.63, 3.8) is 0 Å². The van der Waals surface area contributed by atoms with E-state index in [-0.39, 0.29) is 11.9 Å². The summed E-state index contributed by atoms with van der Waals surface area (Å²) in [4.78, 5) is 16.6. The van der Waals surface area contributed by atoms with Crippen LogP contribution in [0.15, 0.2) is 42.9 Å². The Morgan fingerprint density at radius 3 is 2.90 bits per heavy atom. The van der Waals surface area contributed by atoms with Crippen molar-refractivity contribution in [3.05, 3.63) is 48.5 Å². The number of carbonyl (C=O) groups is 1. The Hall–Kier alpha value is -2.14. The number of nitrogens with two attached hydrogens (primary N) is 1. The van der Waals surface area contributed by atoms with E-state index in [0.29, 0.717) is 18.2 Å². The number of para-hydroxylation sites is 1. The Morgan fingerprint density at radius 1 is 1.33 bits per heavy atom. The predicted octanol–water partition coefficient (Wildman–Crippen LogP) is 1.73. The molecular formula is C16H20N4O. The Kier molecular flexibility index (Phi) is 4.01. The van der Waals surface area contributed by atoms with E-state index in [0.717, 1.165) is 24.9 Å². The number of hydrogen-bond donors (Lipinski definition) is 2. The molecule has 1 aliphatic rings. The molecule has 21 heavy (non-hydrogen) atoms.